The van der Waals surface area contributed by atoms with Crippen LogP contribution in [0.3, 0.4) is 0 Å². The van der Waals surface area contributed by atoms with E-state index >= 15 is 0 Å². The van der Waals surface area contributed by atoms with E-state index in [1.54, 1.807) is 12.1 Å². The number of hydrogen-bond acceptors (Lipinski definition) is 6. The van der Waals surface area contributed by atoms with Crippen molar-refractivity contribution in [2.45, 2.75) is 50.7 Å². The number of benzene rings is 1. The van der Waals surface area contributed by atoms with Crippen LogP contribution < -0.4 is 5.73 Å². The number of carbonyl (C=O) groups excluding carboxylic acids is 1. The first-order valence-corrected chi connectivity index (χ1v) is 9.61. The van der Waals surface area contributed by atoms with Crippen molar-refractivity contribution < 1.29 is 27.2 Å². The minimum absolute atomic E-state index is 0.0666. The fraction of sp³-hybridized carbons (Fsp3) is 0.588. The lowest BCUT2D eigenvalue weighted by Crippen LogP contribution is -2.36. The molecule has 1 heterocycles. The molecule has 1 unspecified atom stereocenters. The number of ether oxygens (including phenoxy) is 2. The fourth-order valence-electron chi connectivity index (χ4n) is 2.17. The molecule has 0 aliphatic carbocycles. The predicted octanol–water partition coefficient (Wildman–Crippen LogP) is 1.93. The minimum atomic E-state index is -4.02. The lowest BCUT2D eigenvalue weighted by atomic mass is 10.0. The second-order valence-electron chi connectivity index (χ2n) is 6.45. The Balaban J connectivity index is 0.000000257. The van der Waals surface area contributed by atoms with Gasteiger partial charge in [-0.25, -0.2) is 0 Å². The van der Waals surface area contributed by atoms with Crippen molar-refractivity contribution in [1.29, 1.82) is 0 Å². The van der Waals surface area contributed by atoms with Crippen LogP contribution in [0.2, 0.25) is 0 Å². The van der Waals surface area contributed by atoms with Gasteiger partial charge in [-0.1, -0.05) is 31.5 Å². The summed E-state index contributed by atoms with van der Waals surface area (Å²) in [6.45, 7) is 7.10. The molecule has 0 bridgehead atoms. The number of carbonyl (C=O) groups is 1. The SMILES string of the molecule is CC(C)C[C@H](N)C(=O)OC1CCOC1.Cc1ccc(S(=O)(=O)O)cc1. The van der Waals surface area contributed by atoms with Crippen molar-refractivity contribution in [2.24, 2.45) is 11.7 Å². The summed E-state index contributed by atoms with van der Waals surface area (Å²) in [5.41, 5.74) is 6.64. The molecule has 1 aliphatic rings. The Morgan fingerprint density at radius 3 is 2.40 bits per heavy atom. The lowest BCUT2D eigenvalue weighted by molar-refractivity contribution is -0.151. The van der Waals surface area contributed by atoms with Gasteiger partial charge in [0.15, 0.2) is 0 Å². The zero-order valence-corrected chi connectivity index (χ0v) is 15.7. The highest BCUT2D eigenvalue weighted by Crippen LogP contribution is 2.11. The van der Waals surface area contributed by atoms with Gasteiger partial charge < -0.3 is 15.2 Å². The van der Waals surface area contributed by atoms with E-state index in [2.05, 4.69) is 0 Å². The molecule has 1 saturated heterocycles. The van der Waals surface area contributed by atoms with E-state index in [-0.39, 0.29) is 17.0 Å². The van der Waals surface area contributed by atoms with Crippen LogP contribution in [0.15, 0.2) is 29.2 Å². The number of esters is 1. The minimum Gasteiger partial charge on any atom is -0.459 e. The highest BCUT2D eigenvalue weighted by molar-refractivity contribution is 7.85. The van der Waals surface area contributed by atoms with Gasteiger partial charge in [0.1, 0.15) is 12.1 Å². The third-order valence-electron chi connectivity index (χ3n) is 3.52. The quantitative estimate of drug-likeness (QED) is 0.598. The Labute approximate surface area is 149 Å². The summed E-state index contributed by atoms with van der Waals surface area (Å²) in [5.74, 6) is 0.117. The van der Waals surface area contributed by atoms with Crippen LogP contribution in [0.1, 0.15) is 32.3 Å². The molecule has 1 aromatic carbocycles. The molecule has 8 heteroatoms. The molecular weight excluding hydrogens is 346 g/mol. The largest absolute Gasteiger partial charge is 0.459 e. The normalized spacial score (nSPS) is 18.4. The van der Waals surface area contributed by atoms with Gasteiger partial charge in [-0.05, 0) is 31.4 Å². The topological polar surface area (TPSA) is 116 Å². The second-order valence-corrected chi connectivity index (χ2v) is 7.87. The molecule has 2 atom stereocenters. The number of rotatable bonds is 5. The second kappa shape index (κ2) is 9.86. The fourth-order valence-corrected chi connectivity index (χ4v) is 2.65. The van der Waals surface area contributed by atoms with Crippen molar-refractivity contribution in [1.82, 2.24) is 0 Å². The summed E-state index contributed by atoms with van der Waals surface area (Å²) in [4.78, 5) is 11.4. The van der Waals surface area contributed by atoms with E-state index in [1.165, 1.54) is 12.1 Å². The maximum atomic E-state index is 11.4. The first kappa shape index (κ1) is 21.6. The van der Waals surface area contributed by atoms with Crippen molar-refractivity contribution in [3.63, 3.8) is 0 Å². The number of hydrogen-bond donors (Lipinski definition) is 2. The maximum absolute atomic E-state index is 11.4. The average Bonchev–Trinajstić information content (AvgIpc) is 2.99. The van der Waals surface area contributed by atoms with E-state index in [1.807, 2.05) is 20.8 Å². The van der Waals surface area contributed by atoms with Crippen LogP contribution >= 0.6 is 0 Å². The summed E-state index contributed by atoms with van der Waals surface area (Å²) in [7, 11) is -4.02. The lowest BCUT2D eigenvalue weighted by Gasteiger charge is -2.16. The Morgan fingerprint density at radius 1 is 1.36 bits per heavy atom. The molecule has 1 aliphatic heterocycles. The first-order valence-electron chi connectivity index (χ1n) is 8.17. The summed E-state index contributed by atoms with van der Waals surface area (Å²) in [6, 6.07) is 5.50. The molecule has 0 amide bonds. The molecular formula is C17H27NO6S. The monoisotopic (exact) mass is 373 g/mol. The van der Waals surface area contributed by atoms with Crippen molar-refractivity contribution in [2.75, 3.05) is 13.2 Å². The van der Waals surface area contributed by atoms with Crippen LogP contribution in [0.4, 0.5) is 0 Å². The summed E-state index contributed by atoms with van der Waals surface area (Å²) >= 11 is 0. The van der Waals surface area contributed by atoms with E-state index < -0.39 is 16.2 Å². The summed E-state index contributed by atoms with van der Waals surface area (Å²) in [5, 5.41) is 0. The molecule has 142 valence electrons. The predicted molar refractivity (Wildman–Crippen MR) is 93.7 cm³/mol. The van der Waals surface area contributed by atoms with Crippen molar-refractivity contribution in [3.05, 3.63) is 29.8 Å². The van der Waals surface area contributed by atoms with Crippen molar-refractivity contribution >= 4 is 16.1 Å². The van der Waals surface area contributed by atoms with Crippen LogP contribution in [0.25, 0.3) is 0 Å². The molecule has 3 N–H and O–H groups in total. The van der Waals surface area contributed by atoms with E-state index in [4.69, 9.17) is 19.8 Å². The summed E-state index contributed by atoms with van der Waals surface area (Å²) < 4.78 is 39.8. The van der Waals surface area contributed by atoms with E-state index in [9.17, 15) is 13.2 Å². The average molecular weight is 373 g/mol. The zero-order valence-electron chi connectivity index (χ0n) is 14.8. The van der Waals surface area contributed by atoms with Gasteiger partial charge in [-0.2, -0.15) is 8.42 Å². The Morgan fingerprint density at radius 2 is 1.96 bits per heavy atom. The van der Waals surface area contributed by atoms with E-state index in [0.29, 0.717) is 25.6 Å². The molecule has 1 aromatic rings. The Hall–Kier alpha value is -1.48. The molecule has 0 radical (unpaired) electrons. The summed E-state index contributed by atoms with van der Waals surface area (Å²) in [6.07, 6.45) is 1.38. The van der Waals surface area contributed by atoms with Crippen LogP contribution in [-0.2, 0) is 24.4 Å². The van der Waals surface area contributed by atoms with Gasteiger partial charge in [0, 0.05) is 6.42 Å². The maximum Gasteiger partial charge on any atom is 0.323 e. The highest BCUT2D eigenvalue weighted by atomic mass is 32.2. The number of nitrogens with two attached hydrogens (primary N) is 1. The highest BCUT2D eigenvalue weighted by Gasteiger charge is 2.23. The Bertz CT molecular complexity index is 636. The number of aryl methyl sites for hydroxylation is 1. The van der Waals surface area contributed by atoms with Gasteiger partial charge in [0.25, 0.3) is 10.1 Å². The van der Waals surface area contributed by atoms with Gasteiger partial charge >= 0.3 is 5.97 Å². The smallest absolute Gasteiger partial charge is 0.323 e. The first-order chi connectivity index (χ1) is 11.6. The third kappa shape index (κ3) is 8.44. The zero-order chi connectivity index (χ0) is 19.0. The molecule has 1 fully saturated rings. The van der Waals surface area contributed by atoms with Gasteiger partial charge in [0.2, 0.25) is 0 Å². The molecule has 0 saturated carbocycles. The van der Waals surface area contributed by atoms with Crippen LogP contribution in [-0.4, -0.2) is 44.3 Å². The molecule has 25 heavy (non-hydrogen) atoms. The third-order valence-corrected chi connectivity index (χ3v) is 4.39. The molecule has 0 aromatic heterocycles. The molecule has 0 spiro atoms. The van der Waals surface area contributed by atoms with Crippen LogP contribution in [0.5, 0.6) is 0 Å². The standard InChI is InChI=1S/C10H19NO3.C7H8O3S/c1-7(2)5-9(11)10(12)14-8-3-4-13-6-8;1-6-2-4-7(5-3-6)11(8,9)10/h7-9H,3-6,11H2,1-2H3;2-5H,1H3,(H,8,9,10)/t8?,9-;/m0./s1. The van der Waals surface area contributed by atoms with Gasteiger partial charge in [-0.15, -0.1) is 0 Å². The van der Waals surface area contributed by atoms with Crippen molar-refractivity contribution in [3.8, 4) is 0 Å². The Kier molecular flexibility index (Phi) is 8.51. The molecule has 2 rings (SSSR count). The van der Waals surface area contributed by atoms with Crippen LogP contribution in [0, 0.1) is 12.8 Å². The van der Waals surface area contributed by atoms with Gasteiger partial charge in [0.05, 0.1) is 18.1 Å². The van der Waals surface area contributed by atoms with Gasteiger partial charge in [-0.3, -0.25) is 9.35 Å². The van der Waals surface area contributed by atoms with E-state index in [0.717, 1.165) is 12.0 Å². The molecule has 7 nitrogen and oxygen atoms in total.